The molecule has 0 N–H and O–H groups in total. The molecule has 2 aliphatic rings. The Morgan fingerprint density at radius 2 is 0.425 bits per heavy atom. The number of hydrogen-bond donors (Lipinski definition) is 0. The van der Waals surface area contributed by atoms with E-state index in [1.54, 1.807) is 0 Å². The van der Waals surface area contributed by atoms with Crippen molar-refractivity contribution in [1.29, 1.82) is 0 Å². The normalized spacial score (nSPS) is 12.5. The lowest BCUT2D eigenvalue weighted by atomic mass is 9.67. The molecule has 0 bridgehead atoms. The molecule has 3 nitrogen and oxygen atoms in total. The first kappa shape index (κ1) is 89.0. The molecular formula is C140H92Br3N3. The highest BCUT2D eigenvalue weighted by molar-refractivity contribution is 9.11. The highest BCUT2D eigenvalue weighted by Gasteiger charge is 2.50. The van der Waals surface area contributed by atoms with E-state index in [-0.39, 0.29) is 0 Å². The SMILES string of the molecule is Brc1ccc(-c2ccccc2-c2ccc3c4ccccc4n(-c4cc(-c5ccccc5)cc(-c5ccccc5)c4)c3c2)cc1.Brc1ccc(-c2ccccc2-c2ccc3c4ccccc4n(-c4cccc5c4-c4ccccc4C5(c4ccccc4)c4ccccc4)c3c2)cc1.Brc1ccc(-c2ccccc2-c2ccc3c4ccccc4n(-c4cccc5c4C(c4ccccc4)(c4ccccc4)c4ccccc4-5)c3c2)cc1. The van der Waals surface area contributed by atoms with Crippen LogP contribution in [0.5, 0.6) is 0 Å². The predicted octanol–water partition coefficient (Wildman–Crippen LogP) is 38.7. The van der Waals surface area contributed by atoms with Gasteiger partial charge in [0.05, 0.1) is 55.3 Å². The zero-order chi connectivity index (χ0) is 97.3. The molecule has 0 unspecified atom stereocenters. The van der Waals surface area contributed by atoms with Crippen LogP contribution in [0.15, 0.2) is 572 Å². The molecule has 0 saturated heterocycles. The van der Waals surface area contributed by atoms with Crippen LogP contribution in [0.2, 0.25) is 0 Å². The molecule has 688 valence electrons. The summed E-state index contributed by atoms with van der Waals surface area (Å²) in [5, 5.41) is 7.49. The molecule has 0 radical (unpaired) electrons. The van der Waals surface area contributed by atoms with Gasteiger partial charge in [0.2, 0.25) is 0 Å². The van der Waals surface area contributed by atoms with Crippen LogP contribution in [0.3, 0.4) is 0 Å². The number of fused-ring (bicyclic) bond motifs is 15. The molecule has 6 heteroatoms. The summed E-state index contributed by atoms with van der Waals surface area (Å²) >= 11 is 10.8. The third-order valence-electron chi connectivity index (χ3n) is 30.0. The van der Waals surface area contributed by atoms with Crippen LogP contribution in [0.25, 0.3) is 194 Å². The van der Waals surface area contributed by atoms with Crippen LogP contribution >= 0.6 is 47.8 Å². The number of nitrogens with zero attached hydrogens (tertiary/aromatic N) is 3. The summed E-state index contributed by atoms with van der Waals surface area (Å²) < 4.78 is 10.7. The lowest BCUT2D eigenvalue weighted by Crippen LogP contribution is -2.29. The maximum absolute atomic E-state index is 3.62. The summed E-state index contributed by atoms with van der Waals surface area (Å²) in [7, 11) is 0. The fourth-order valence-electron chi connectivity index (χ4n) is 23.7. The van der Waals surface area contributed by atoms with Gasteiger partial charge in [-0.1, -0.05) is 503 Å². The van der Waals surface area contributed by atoms with Crippen molar-refractivity contribution < 1.29 is 0 Å². The van der Waals surface area contributed by atoms with E-state index in [9.17, 15) is 0 Å². The summed E-state index contributed by atoms with van der Waals surface area (Å²) in [6.07, 6.45) is 0. The number of halogens is 3. The zero-order valence-corrected chi connectivity index (χ0v) is 84.3. The van der Waals surface area contributed by atoms with Crippen LogP contribution in [-0.2, 0) is 10.8 Å². The molecule has 23 aromatic carbocycles. The van der Waals surface area contributed by atoms with Gasteiger partial charge in [0.15, 0.2) is 0 Å². The second-order valence-electron chi connectivity index (χ2n) is 37.9. The maximum Gasteiger partial charge on any atom is 0.0734 e. The fourth-order valence-corrected chi connectivity index (χ4v) is 24.5. The fraction of sp³-hybridized carbons (Fsp3) is 0.0143. The highest BCUT2D eigenvalue weighted by Crippen LogP contribution is 2.61. The van der Waals surface area contributed by atoms with Crippen LogP contribution < -0.4 is 0 Å². The van der Waals surface area contributed by atoms with Crippen molar-refractivity contribution in [3.63, 3.8) is 0 Å². The molecule has 0 fully saturated rings. The molecule has 26 aromatic rings. The van der Waals surface area contributed by atoms with Gasteiger partial charge >= 0.3 is 0 Å². The van der Waals surface area contributed by atoms with Crippen LogP contribution in [0.1, 0.15) is 44.5 Å². The average Bonchev–Trinajstić information content (AvgIpc) is 1.52. The van der Waals surface area contributed by atoms with Gasteiger partial charge in [0, 0.05) is 62.5 Å². The number of aromatic nitrogens is 3. The first-order chi connectivity index (χ1) is 72.2. The first-order valence-corrected chi connectivity index (χ1v) is 52.2. The van der Waals surface area contributed by atoms with Crippen molar-refractivity contribution in [3.05, 3.63) is 616 Å². The monoisotopic (exact) mass is 2050 g/mol. The molecule has 0 saturated carbocycles. The zero-order valence-electron chi connectivity index (χ0n) is 79.6. The van der Waals surface area contributed by atoms with Gasteiger partial charge in [0.25, 0.3) is 0 Å². The Labute approximate surface area is 874 Å². The molecule has 3 heterocycles. The Hall–Kier alpha value is -17.1. The third-order valence-corrected chi connectivity index (χ3v) is 31.6. The molecular weight excluding hydrogens is 1960 g/mol. The topological polar surface area (TPSA) is 14.8 Å². The van der Waals surface area contributed by atoms with E-state index in [1.165, 1.54) is 233 Å². The average molecular weight is 2060 g/mol. The molecule has 0 spiro atoms. The summed E-state index contributed by atoms with van der Waals surface area (Å²) in [5.41, 5.74) is 44.5. The standard InChI is InChI=1S/2C49H32BrN.C42H28BrN/c50-37-29-26-33(27-30-37)38-18-7-8-19-39(38)34-28-31-41-40-20-10-12-24-45(40)51(47(41)32-34)46-25-13-23-44-48(46)42-21-9-11-22-43(42)49(44,35-14-3-1-4-15-35)36-16-5-2-6-17-36;50-37-29-26-33(27-30-37)38-18-7-8-19-39(38)34-28-31-42-41-21-10-12-24-45(41)51(47(42)32-34)46-25-13-22-43-40-20-9-11-23-44(40)49(48(43)46,35-14-3-1-4-15-35)36-16-5-2-6-17-36;43-35-22-19-31(20-23-35)37-15-7-8-16-38(37)32-21-24-40-39-17-9-10-18-41(39)44(42(40)28-32)36-26-33(29-11-3-1-4-12-29)25-34(27-36)30-13-5-2-6-14-30/h2*1-32H;1-28H. The Kier molecular flexibility index (Phi) is 23.0. The number of rotatable bonds is 15. The quantitative estimate of drug-likeness (QED) is 0.0972. The van der Waals surface area contributed by atoms with Crippen molar-refractivity contribution in [2.24, 2.45) is 0 Å². The van der Waals surface area contributed by atoms with E-state index >= 15 is 0 Å². The van der Waals surface area contributed by atoms with Gasteiger partial charge in [-0.2, -0.15) is 0 Å². The molecule has 0 amide bonds. The predicted molar refractivity (Wildman–Crippen MR) is 624 cm³/mol. The van der Waals surface area contributed by atoms with E-state index in [4.69, 9.17) is 0 Å². The van der Waals surface area contributed by atoms with Gasteiger partial charge in [-0.15, -0.1) is 0 Å². The number of para-hydroxylation sites is 3. The smallest absolute Gasteiger partial charge is 0.0734 e. The molecule has 28 rings (SSSR count). The van der Waals surface area contributed by atoms with Crippen LogP contribution in [-0.4, -0.2) is 13.7 Å². The van der Waals surface area contributed by atoms with E-state index in [1.807, 2.05) is 0 Å². The van der Waals surface area contributed by atoms with Gasteiger partial charge in [0.1, 0.15) is 0 Å². The van der Waals surface area contributed by atoms with E-state index < -0.39 is 10.8 Å². The van der Waals surface area contributed by atoms with Gasteiger partial charge < -0.3 is 13.7 Å². The summed E-state index contributed by atoms with van der Waals surface area (Å²) in [6.45, 7) is 0. The van der Waals surface area contributed by atoms with Crippen LogP contribution in [0, 0.1) is 0 Å². The van der Waals surface area contributed by atoms with Gasteiger partial charge in [-0.05, 0) is 248 Å². The molecule has 2 aliphatic carbocycles. The Bertz CT molecular complexity index is 9340. The maximum atomic E-state index is 3.62. The van der Waals surface area contributed by atoms with Crippen molar-refractivity contribution >= 4 is 113 Å². The summed E-state index contributed by atoms with van der Waals surface area (Å²) in [5.74, 6) is 0. The van der Waals surface area contributed by atoms with Crippen molar-refractivity contribution in [2.45, 2.75) is 10.8 Å². The number of hydrogen-bond acceptors (Lipinski definition) is 0. The lowest BCUT2D eigenvalue weighted by molar-refractivity contribution is 0.762. The second kappa shape index (κ2) is 37.6. The van der Waals surface area contributed by atoms with Crippen LogP contribution in [0.4, 0.5) is 0 Å². The molecule has 0 atom stereocenters. The largest absolute Gasteiger partial charge is 0.309 e. The Morgan fingerprint density at radius 3 is 0.829 bits per heavy atom. The van der Waals surface area contributed by atoms with E-state index in [0.717, 1.165) is 19.1 Å². The molecule has 0 aliphatic heterocycles. The molecule has 3 aromatic heterocycles. The van der Waals surface area contributed by atoms with E-state index in [0.29, 0.717) is 0 Å². The third kappa shape index (κ3) is 15.2. The minimum absolute atomic E-state index is 0.460. The van der Waals surface area contributed by atoms with Crippen molar-refractivity contribution in [2.75, 3.05) is 0 Å². The minimum atomic E-state index is -0.519. The molecule has 146 heavy (non-hydrogen) atoms. The summed E-state index contributed by atoms with van der Waals surface area (Å²) in [4.78, 5) is 0. The van der Waals surface area contributed by atoms with Crippen molar-refractivity contribution in [1.82, 2.24) is 13.7 Å². The second-order valence-corrected chi connectivity index (χ2v) is 40.6. The summed E-state index contributed by atoms with van der Waals surface area (Å²) in [6, 6.07) is 204. The lowest BCUT2D eigenvalue weighted by Gasteiger charge is -2.35. The van der Waals surface area contributed by atoms with E-state index in [2.05, 4.69) is 620 Å². The van der Waals surface area contributed by atoms with Gasteiger partial charge in [-0.25, -0.2) is 0 Å². The Balaban J connectivity index is 0.000000112. The van der Waals surface area contributed by atoms with Gasteiger partial charge in [-0.3, -0.25) is 0 Å². The first-order valence-electron chi connectivity index (χ1n) is 49.8. The van der Waals surface area contributed by atoms with Crippen molar-refractivity contribution in [3.8, 4) is 128 Å². The number of benzene rings is 23. The highest BCUT2D eigenvalue weighted by atomic mass is 79.9. The Morgan fingerprint density at radius 1 is 0.151 bits per heavy atom. The minimum Gasteiger partial charge on any atom is -0.309 e.